The molecule has 1 atom stereocenters. The first kappa shape index (κ1) is 10.7. The highest BCUT2D eigenvalue weighted by molar-refractivity contribution is 5.91. The number of carbonyl (C=O) groups is 1. The molecule has 0 aliphatic heterocycles. The smallest absolute Gasteiger partial charge is 0.337 e. The predicted octanol–water partition coefficient (Wildman–Crippen LogP) is 2.71. The van der Waals surface area contributed by atoms with Gasteiger partial charge in [0.15, 0.2) is 0 Å². The van der Waals surface area contributed by atoms with E-state index in [1.54, 1.807) is 6.07 Å². The third kappa shape index (κ3) is 1.66. The largest absolute Gasteiger partial charge is 0.478 e. The van der Waals surface area contributed by atoms with Crippen LogP contribution in [0.25, 0.3) is 11.0 Å². The highest BCUT2D eigenvalue weighted by atomic mass is 16.4. The zero-order valence-electron chi connectivity index (χ0n) is 9.34. The summed E-state index contributed by atoms with van der Waals surface area (Å²) in [5, 5.41) is 9.73. The molecule has 16 heavy (non-hydrogen) atoms. The average Bonchev–Trinajstić information content (AvgIpc) is 2.70. The number of hydrogen-bond acceptors (Lipinski definition) is 2. The van der Waals surface area contributed by atoms with Crippen molar-refractivity contribution in [3.8, 4) is 0 Å². The molecule has 2 heterocycles. The van der Waals surface area contributed by atoms with Gasteiger partial charge >= 0.3 is 5.97 Å². The molecule has 0 amide bonds. The van der Waals surface area contributed by atoms with Crippen LogP contribution in [0.3, 0.4) is 0 Å². The van der Waals surface area contributed by atoms with Gasteiger partial charge in [-0.15, -0.1) is 0 Å². The normalized spacial score (nSPS) is 12.9. The van der Waals surface area contributed by atoms with Gasteiger partial charge in [0.25, 0.3) is 0 Å². The van der Waals surface area contributed by atoms with Gasteiger partial charge in [-0.1, -0.05) is 6.92 Å². The van der Waals surface area contributed by atoms with Gasteiger partial charge in [-0.05, 0) is 25.5 Å². The van der Waals surface area contributed by atoms with E-state index in [-0.39, 0.29) is 5.56 Å². The van der Waals surface area contributed by atoms with Crippen molar-refractivity contribution in [1.29, 1.82) is 0 Å². The summed E-state index contributed by atoms with van der Waals surface area (Å²) < 4.78 is 2.07. The molecule has 4 nitrogen and oxygen atoms in total. The van der Waals surface area contributed by atoms with Crippen LogP contribution in [0.5, 0.6) is 0 Å². The van der Waals surface area contributed by atoms with E-state index < -0.39 is 5.97 Å². The molecule has 2 aromatic heterocycles. The van der Waals surface area contributed by atoms with E-state index in [0.717, 1.165) is 17.5 Å². The Kier molecular flexibility index (Phi) is 2.64. The number of aromatic nitrogens is 2. The Morgan fingerprint density at radius 1 is 1.62 bits per heavy atom. The molecule has 0 bridgehead atoms. The molecule has 0 aromatic carbocycles. The van der Waals surface area contributed by atoms with Crippen LogP contribution in [0.4, 0.5) is 0 Å². The summed E-state index contributed by atoms with van der Waals surface area (Å²) in [4.78, 5) is 15.0. The maximum atomic E-state index is 10.8. The highest BCUT2D eigenvalue weighted by Crippen LogP contribution is 2.20. The van der Waals surface area contributed by atoms with Crippen molar-refractivity contribution in [3.05, 3.63) is 30.1 Å². The average molecular weight is 218 g/mol. The fourth-order valence-electron chi connectivity index (χ4n) is 1.71. The van der Waals surface area contributed by atoms with Crippen LogP contribution in [-0.2, 0) is 0 Å². The molecule has 1 N–H and O–H groups in total. The van der Waals surface area contributed by atoms with E-state index in [2.05, 4.69) is 23.4 Å². The van der Waals surface area contributed by atoms with Gasteiger partial charge in [0, 0.05) is 23.8 Å². The molecule has 0 aliphatic rings. The molecule has 0 aliphatic carbocycles. The van der Waals surface area contributed by atoms with Crippen molar-refractivity contribution in [3.63, 3.8) is 0 Å². The van der Waals surface area contributed by atoms with E-state index in [1.807, 2.05) is 12.3 Å². The first-order chi connectivity index (χ1) is 7.63. The molecule has 2 aromatic rings. The zero-order valence-corrected chi connectivity index (χ0v) is 9.34. The summed E-state index contributed by atoms with van der Waals surface area (Å²) in [5.41, 5.74) is 1.08. The number of fused-ring (bicyclic) bond motifs is 1. The predicted molar refractivity (Wildman–Crippen MR) is 61.7 cm³/mol. The Hall–Kier alpha value is -1.84. The Bertz CT molecular complexity index is 531. The Morgan fingerprint density at radius 2 is 2.38 bits per heavy atom. The number of aromatic carboxylic acids is 1. The van der Waals surface area contributed by atoms with E-state index in [9.17, 15) is 4.79 Å². The van der Waals surface area contributed by atoms with E-state index in [0.29, 0.717) is 6.04 Å². The molecule has 2 rings (SSSR count). The first-order valence-corrected chi connectivity index (χ1v) is 5.33. The van der Waals surface area contributed by atoms with Crippen molar-refractivity contribution in [1.82, 2.24) is 9.55 Å². The summed E-state index contributed by atoms with van der Waals surface area (Å²) in [6, 6.07) is 3.94. The first-order valence-electron chi connectivity index (χ1n) is 5.33. The third-order valence-electron chi connectivity index (χ3n) is 2.87. The maximum Gasteiger partial charge on any atom is 0.337 e. The van der Waals surface area contributed by atoms with Crippen molar-refractivity contribution in [2.45, 2.75) is 26.3 Å². The number of pyridine rings is 1. The zero-order chi connectivity index (χ0) is 11.7. The van der Waals surface area contributed by atoms with Crippen LogP contribution in [0.2, 0.25) is 0 Å². The lowest BCUT2D eigenvalue weighted by atomic mass is 10.2. The second kappa shape index (κ2) is 3.96. The van der Waals surface area contributed by atoms with Gasteiger partial charge in [0.1, 0.15) is 5.65 Å². The number of rotatable bonds is 3. The highest BCUT2D eigenvalue weighted by Gasteiger charge is 2.10. The molecule has 84 valence electrons. The molecule has 0 spiro atoms. The molecular weight excluding hydrogens is 204 g/mol. The van der Waals surface area contributed by atoms with Crippen molar-refractivity contribution >= 4 is 17.0 Å². The van der Waals surface area contributed by atoms with Crippen molar-refractivity contribution in [2.24, 2.45) is 0 Å². The molecule has 0 radical (unpaired) electrons. The lowest BCUT2D eigenvalue weighted by molar-refractivity contribution is 0.0696. The lowest BCUT2D eigenvalue weighted by Crippen LogP contribution is -2.03. The summed E-state index contributed by atoms with van der Waals surface area (Å²) >= 11 is 0. The van der Waals surface area contributed by atoms with E-state index in [4.69, 9.17) is 5.11 Å². The molecule has 0 saturated carbocycles. The molecule has 0 saturated heterocycles. The minimum atomic E-state index is -0.939. The van der Waals surface area contributed by atoms with Gasteiger partial charge in [-0.2, -0.15) is 0 Å². The van der Waals surface area contributed by atoms with Crippen LogP contribution in [0, 0.1) is 0 Å². The van der Waals surface area contributed by atoms with Gasteiger partial charge in [-0.3, -0.25) is 0 Å². The van der Waals surface area contributed by atoms with Crippen molar-refractivity contribution in [2.75, 3.05) is 0 Å². The summed E-state index contributed by atoms with van der Waals surface area (Å²) in [6.07, 6.45) is 4.38. The second-order valence-electron chi connectivity index (χ2n) is 3.92. The van der Waals surface area contributed by atoms with Gasteiger partial charge in [-0.25, -0.2) is 9.78 Å². The van der Waals surface area contributed by atoms with Crippen LogP contribution < -0.4 is 0 Å². The van der Waals surface area contributed by atoms with Crippen LogP contribution >= 0.6 is 0 Å². The van der Waals surface area contributed by atoms with Crippen LogP contribution in [0.1, 0.15) is 36.7 Å². The minimum absolute atomic E-state index is 0.231. The van der Waals surface area contributed by atoms with Crippen molar-refractivity contribution < 1.29 is 9.90 Å². The number of hydrogen-bond donors (Lipinski definition) is 1. The van der Waals surface area contributed by atoms with Gasteiger partial charge < -0.3 is 9.67 Å². The lowest BCUT2D eigenvalue weighted by Gasteiger charge is -2.11. The molecule has 1 unspecified atom stereocenters. The fraction of sp³-hybridized carbons (Fsp3) is 0.333. The number of carboxylic acids is 1. The van der Waals surface area contributed by atoms with Gasteiger partial charge in [0.05, 0.1) is 5.56 Å². The standard InChI is InChI=1S/C12H14N2O2/c1-3-8(2)14-5-4-9-6-10(12(15)16)7-13-11(9)14/h4-8H,3H2,1-2H3,(H,15,16). The summed E-state index contributed by atoms with van der Waals surface area (Å²) in [7, 11) is 0. The second-order valence-corrected chi connectivity index (χ2v) is 3.92. The molecular formula is C12H14N2O2. The summed E-state index contributed by atoms with van der Waals surface area (Å²) in [5.74, 6) is -0.939. The molecule has 4 heteroatoms. The third-order valence-corrected chi connectivity index (χ3v) is 2.87. The van der Waals surface area contributed by atoms with Gasteiger partial charge in [0.2, 0.25) is 0 Å². The Balaban J connectivity index is 2.54. The van der Waals surface area contributed by atoms with E-state index in [1.165, 1.54) is 6.20 Å². The van der Waals surface area contributed by atoms with E-state index >= 15 is 0 Å². The SMILES string of the molecule is CCC(C)n1ccc2cc(C(=O)O)cnc21. The number of carboxylic acid groups (broad SMARTS) is 1. The fourth-order valence-corrected chi connectivity index (χ4v) is 1.71. The number of nitrogens with zero attached hydrogens (tertiary/aromatic N) is 2. The Labute approximate surface area is 93.5 Å². The topological polar surface area (TPSA) is 55.1 Å². The minimum Gasteiger partial charge on any atom is -0.478 e. The van der Waals surface area contributed by atoms with Crippen LogP contribution in [-0.4, -0.2) is 20.6 Å². The van der Waals surface area contributed by atoms with Crippen LogP contribution in [0.15, 0.2) is 24.5 Å². The maximum absolute atomic E-state index is 10.8. The monoisotopic (exact) mass is 218 g/mol. The quantitative estimate of drug-likeness (QED) is 0.861. The Morgan fingerprint density at radius 3 is 3.00 bits per heavy atom. The molecule has 0 fully saturated rings. The summed E-state index contributed by atoms with van der Waals surface area (Å²) in [6.45, 7) is 4.23.